The molecular formula is C13H18N4. The summed E-state index contributed by atoms with van der Waals surface area (Å²) in [4.78, 5) is 12.2. The first-order chi connectivity index (χ1) is 8.04. The standard InChI is InChI=1S/C13H18N4/c1-9-11(10-6-4-5-7-15-10)17-12(16-9)13(2,3)8-14/h4-7H,8,14H2,1-3H3,(H,16,17). The van der Waals surface area contributed by atoms with Crippen LogP contribution in [-0.4, -0.2) is 21.5 Å². The van der Waals surface area contributed by atoms with Gasteiger partial charge in [-0.25, -0.2) is 4.98 Å². The highest BCUT2D eigenvalue weighted by molar-refractivity contribution is 5.57. The van der Waals surface area contributed by atoms with Crippen molar-refractivity contribution >= 4 is 0 Å². The van der Waals surface area contributed by atoms with Gasteiger partial charge in [-0.3, -0.25) is 4.98 Å². The molecule has 0 atom stereocenters. The van der Waals surface area contributed by atoms with E-state index in [1.54, 1.807) is 6.20 Å². The van der Waals surface area contributed by atoms with E-state index < -0.39 is 0 Å². The highest BCUT2D eigenvalue weighted by Gasteiger charge is 2.24. The fourth-order valence-electron chi connectivity index (χ4n) is 1.63. The minimum absolute atomic E-state index is 0.141. The van der Waals surface area contributed by atoms with Crippen LogP contribution >= 0.6 is 0 Å². The van der Waals surface area contributed by atoms with Crippen LogP contribution in [0, 0.1) is 6.92 Å². The van der Waals surface area contributed by atoms with Crippen molar-refractivity contribution in [2.75, 3.05) is 6.54 Å². The number of imidazole rings is 1. The molecule has 0 unspecified atom stereocenters. The average molecular weight is 230 g/mol. The third-order valence-corrected chi connectivity index (χ3v) is 2.94. The molecule has 0 aliphatic carbocycles. The Labute approximate surface area is 101 Å². The van der Waals surface area contributed by atoms with Gasteiger partial charge in [-0.05, 0) is 19.1 Å². The lowest BCUT2D eigenvalue weighted by atomic mass is 9.93. The summed E-state index contributed by atoms with van der Waals surface area (Å²) in [5.74, 6) is 0.915. The Hall–Kier alpha value is -1.68. The summed E-state index contributed by atoms with van der Waals surface area (Å²) in [5.41, 5.74) is 8.44. The summed E-state index contributed by atoms with van der Waals surface area (Å²) in [7, 11) is 0. The van der Waals surface area contributed by atoms with Crippen molar-refractivity contribution in [2.24, 2.45) is 5.73 Å². The summed E-state index contributed by atoms with van der Waals surface area (Å²) >= 11 is 0. The molecule has 2 rings (SSSR count). The Balaban J connectivity index is 2.45. The van der Waals surface area contributed by atoms with Crippen molar-refractivity contribution in [1.29, 1.82) is 0 Å². The highest BCUT2D eigenvalue weighted by atomic mass is 15.0. The number of hydrogen-bond acceptors (Lipinski definition) is 3. The topological polar surface area (TPSA) is 67.6 Å². The van der Waals surface area contributed by atoms with Gasteiger partial charge in [0.15, 0.2) is 0 Å². The van der Waals surface area contributed by atoms with E-state index in [2.05, 4.69) is 28.8 Å². The fraction of sp³-hybridized carbons (Fsp3) is 0.385. The van der Waals surface area contributed by atoms with Crippen LogP contribution in [0.3, 0.4) is 0 Å². The zero-order valence-electron chi connectivity index (χ0n) is 10.5. The van der Waals surface area contributed by atoms with Crippen LogP contribution in [-0.2, 0) is 5.41 Å². The Morgan fingerprint density at radius 1 is 1.35 bits per heavy atom. The molecule has 0 aromatic carbocycles. The van der Waals surface area contributed by atoms with Gasteiger partial charge < -0.3 is 10.7 Å². The van der Waals surface area contributed by atoms with Crippen molar-refractivity contribution in [3.63, 3.8) is 0 Å². The Bertz CT molecular complexity index is 499. The second kappa shape index (κ2) is 4.30. The van der Waals surface area contributed by atoms with Gasteiger partial charge in [-0.2, -0.15) is 0 Å². The van der Waals surface area contributed by atoms with Gasteiger partial charge >= 0.3 is 0 Å². The normalized spacial score (nSPS) is 11.8. The number of rotatable bonds is 3. The number of aryl methyl sites for hydroxylation is 1. The maximum Gasteiger partial charge on any atom is 0.114 e. The largest absolute Gasteiger partial charge is 0.345 e. The van der Waals surface area contributed by atoms with E-state index >= 15 is 0 Å². The van der Waals surface area contributed by atoms with Gasteiger partial charge in [-0.1, -0.05) is 19.9 Å². The lowest BCUT2D eigenvalue weighted by Gasteiger charge is -2.18. The third-order valence-electron chi connectivity index (χ3n) is 2.94. The van der Waals surface area contributed by atoms with Crippen LogP contribution < -0.4 is 5.73 Å². The van der Waals surface area contributed by atoms with Crippen LogP contribution in [0.1, 0.15) is 25.4 Å². The Kier molecular flexibility index (Phi) is 2.98. The van der Waals surface area contributed by atoms with E-state index in [-0.39, 0.29) is 5.41 Å². The number of pyridine rings is 1. The molecule has 0 spiro atoms. The van der Waals surface area contributed by atoms with Crippen molar-refractivity contribution in [2.45, 2.75) is 26.2 Å². The lowest BCUT2D eigenvalue weighted by molar-refractivity contribution is 0.507. The summed E-state index contributed by atoms with van der Waals surface area (Å²) in [6.45, 7) is 6.72. The molecule has 2 aromatic rings. The number of nitrogens with zero attached hydrogens (tertiary/aromatic N) is 2. The molecule has 2 aromatic heterocycles. The van der Waals surface area contributed by atoms with Gasteiger partial charge in [0.05, 0.1) is 5.69 Å². The van der Waals surface area contributed by atoms with E-state index in [4.69, 9.17) is 5.73 Å². The van der Waals surface area contributed by atoms with Gasteiger partial charge in [-0.15, -0.1) is 0 Å². The van der Waals surface area contributed by atoms with Gasteiger partial charge in [0.1, 0.15) is 11.5 Å². The fourth-order valence-corrected chi connectivity index (χ4v) is 1.63. The molecular weight excluding hydrogens is 212 g/mol. The van der Waals surface area contributed by atoms with Crippen LogP contribution in [0.5, 0.6) is 0 Å². The van der Waals surface area contributed by atoms with E-state index in [9.17, 15) is 0 Å². The molecule has 0 bridgehead atoms. The molecule has 0 saturated heterocycles. The summed E-state index contributed by atoms with van der Waals surface area (Å²) in [5, 5.41) is 0. The zero-order chi connectivity index (χ0) is 12.5. The molecule has 4 nitrogen and oxygen atoms in total. The molecule has 4 heteroatoms. The van der Waals surface area contributed by atoms with Crippen molar-refractivity contribution < 1.29 is 0 Å². The molecule has 0 radical (unpaired) electrons. The van der Waals surface area contributed by atoms with E-state index in [1.807, 2.05) is 25.1 Å². The maximum atomic E-state index is 5.76. The number of aromatic nitrogens is 3. The quantitative estimate of drug-likeness (QED) is 0.847. The second-order valence-corrected chi connectivity index (χ2v) is 4.86. The maximum absolute atomic E-state index is 5.76. The van der Waals surface area contributed by atoms with Crippen molar-refractivity contribution in [3.05, 3.63) is 35.9 Å². The van der Waals surface area contributed by atoms with Crippen LogP contribution in [0.2, 0.25) is 0 Å². The van der Waals surface area contributed by atoms with Crippen LogP contribution in [0.4, 0.5) is 0 Å². The molecule has 0 amide bonds. The summed E-state index contributed by atoms with van der Waals surface area (Å²) < 4.78 is 0. The first-order valence-corrected chi connectivity index (χ1v) is 5.73. The summed E-state index contributed by atoms with van der Waals surface area (Å²) in [6.07, 6.45) is 1.78. The first kappa shape index (κ1) is 11.8. The van der Waals surface area contributed by atoms with Crippen LogP contribution in [0.15, 0.2) is 24.4 Å². The molecule has 0 fully saturated rings. The molecule has 2 heterocycles. The first-order valence-electron chi connectivity index (χ1n) is 5.73. The Morgan fingerprint density at radius 2 is 2.12 bits per heavy atom. The number of aromatic amines is 1. The second-order valence-electron chi connectivity index (χ2n) is 4.86. The number of hydrogen-bond donors (Lipinski definition) is 2. The smallest absolute Gasteiger partial charge is 0.114 e. The monoisotopic (exact) mass is 230 g/mol. The zero-order valence-corrected chi connectivity index (χ0v) is 10.5. The van der Waals surface area contributed by atoms with Gasteiger partial charge in [0.25, 0.3) is 0 Å². The van der Waals surface area contributed by atoms with Crippen LogP contribution in [0.25, 0.3) is 11.4 Å². The molecule has 90 valence electrons. The van der Waals surface area contributed by atoms with E-state index in [1.165, 1.54) is 0 Å². The molecule has 0 aliphatic heterocycles. The summed E-state index contributed by atoms with van der Waals surface area (Å²) in [6, 6.07) is 5.82. The average Bonchev–Trinajstić information content (AvgIpc) is 2.73. The highest BCUT2D eigenvalue weighted by Crippen LogP contribution is 2.24. The van der Waals surface area contributed by atoms with E-state index in [0.717, 1.165) is 22.9 Å². The van der Waals surface area contributed by atoms with Crippen molar-refractivity contribution in [3.8, 4) is 11.4 Å². The SMILES string of the molecule is Cc1[nH]c(C(C)(C)CN)nc1-c1ccccn1. The number of nitrogens with one attached hydrogen (secondary N) is 1. The van der Waals surface area contributed by atoms with E-state index in [0.29, 0.717) is 6.54 Å². The van der Waals surface area contributed by atoms with Crippen molar-refractivity contribution in [1.82, 2.24) is 15.0 Å². The lowest BCUT2D eigenvalue weighted by Crippen LogP contribution is -2.29. The molecule has 3 N–H and O–H groups in total. The predicted octanol–water partition coefficient (Wildman–Crippen LogP) is 2.02. The minimum atomic E-state index is -0.141. The molecule has 17 heavy (non-hydrogen) atoms. The third kappa shape index (κ3) is 2.22. The number of H-pyrrole nitrogens is 1. The molecule has 0 aliphatic rings. The molecule has 0 saturated carbocycles. The number of nitrogens with two attached hydrogens (primary N) is 1. The van der Waals surface area contributed by atoms with Gasteiger partial charge in [0.2, 0.25) is 0 Å². The predicted molar refractivity (Wildman–Crippen MR) is 68.6 cm³/mol. The Morgan fingerprint density at radius 3 is 2.71 bits per heavy atom. The minimum Gasteiger partial charge on any atom is -0.345 e. The van der Waals surface area contributed by atoms with Gasteiger partial charge in [0, 0.05) is 23.9 Å².